The highest BCUT2D eigenvalue weighted by Gasteiger charge is 2.07. The summed E-state index contributed by atoms with van der Waals surface area (Å²) in [4.78, 5) is 17.8. The summed E-state index contributed by atoms with van der Waals surface area (Å²) < 4.78 is 6.90. The van der Waals surface area contributed by atoms with Crippen LogP contribution < -0.4 is 15.5 Å². The van der Waals surface area contributed by atoms with Crippen molar-refractivity contribution in [3.63, 3.8) is 0 Å². The topological polar surface area (TPSA) is 71.4 Å². The number of methoxy groups -OCH3 is 1. The second-order valence-electron chi connectivity index (χ2n) is 4.77. The van der Waals surface area contributed by atoms with Crippen molar-refractivity contribution in [2.45, 2.75) is 13.0 Å². The van der Waals surface area contributed by atoms with Crippen LogP contribution in [-0.4, -0.2) is 56.4 Å². The molecule has 2 N–H and O–H groups in total. The van der Waals surface area contributed by atoms with Crippen molar-refractivity contribution >= 4 is 11.9 Å². The number of amides is 1. The van der Waals surface area contributed by atoms with Crippen molar-refractivity contribution < 1.29 is 9.53 Å². The summed E-state index contributed by atoms with van der Waals surface area (Å²) >= 11 is 0. The minimum atomic E-state index is 0.0357. The number of hydrogen-bond donors (Lipinski definition) is 2. The van der Waals surface area contributed by atoms with E-state index in [1.807, 2.05) is 36.8 Å². The largest absolute Gasteiger partial charge is 0.383 e. The van der Waals surface area contributed by atoms with E-state index in [0.29, 0.717) is 32.7 Å². The molecule has 0 atom stereocenters. The third kappa shape index (κ3) is 5.18. The Balaban J connectivity index is 2.23. The average molecular weight is 283 g/mol. The van der Waals surface area contributed by atoms with E-state index in [0.717, 1.165) is 11.6 Å². The molecule has 0 bridgehead atoms. The predicted molar refractivity (Wildman–Crippen MR) is 78.7 cm³/mol. The van der Waals surface area contributed by atoms with Gasteiger partial charge in [0.15, 0.2) is 0 Å². The van der Waals surface area contributed by atoms with E-state index < -0.39 is 0 Å². The fraction of sp³-hybridized carbons (Fsp3) is 0.692. The molecule has 1 aromatic rings. The van der Waals surface area contributed by atoms with Gasteiger partial charge in [0.25, 0.3) is 0 Å². The highest BCUT2D eigenvalue weighted by atomic mass is 16.5. The Morgan fingerprint density at radius 1 is 1.45 bits per heavy atom. The lowest BCUT2D eigenvalue weighted by atomic mass is 10.3. The molecular formula is C13H25N5O2. The van der Waals surface area contributed by atoms with Crippen LogP contribution in [0.25, 0.3) is 0 Å². The van der Waals surface area contributed by atoms with Crippen LogP contribution in [0.15, 0.2) is 6.20 Å². The molecule has 0 aliphatic carbocycles. The smallest absolute Gasteiger partial charge is 0.221 e. The van der Waals surface area contributed by atoms with E-state index in [9.17, 15) is 4.79 Å². The van der Waals surface area contributed by atoms with E-state index in [4.69, 9.17) is 4.74 Å². The molecule has 0 saturated heterocycles. The molecule has 0 aliphatic rings. The molecule has 0 aromatic carbocycles. The maximum absolute atomic E-state index is 11.5. The van der Waals surface area contributed by atoms with Crippen LogP contribution in [0.1, 0.15) is 12.1 Å². The Morgan fingerprint density at radius 3 is 2.80 bits per heavy atom. The summed E-state index contributed by atoms with van der Waals surface area (Å²) in [5.74, 6) is 0.952. The Morgan fingerprint density at radius 2 is 2.20 bits per heavy atom. The first-order chi connectivity index (χ1) is 9.56. The zero-order chi connectivity index (χ0) is 15.0. The number of rotatable bonds is 9. The van der Waals surface area contributed by atoms with Gasteiger partial charge < -0.3 is 24.8 Å². The zero-order valence-electron chi connectivity index (χ0n) is 12.8. The van der Waals surface area contributed by atoms with Gasteiger partial charge >= 0.3 is 0 Å². The maximum atomic E-state index is 11.5. The molecule has 0 radical (unpaired) electrons. The molecule has 7 nitrogen and oxygen atoms in total. The highest BCUT2D eigenvalue weighted by molar-refractivity contribution is 5.76. The second kappa shape index (κ2) is 8.55. The van der Waals surface area contributed by atoms with Crippen molar-refractivity contribution in [2.75, 3.05) is 45.8 Å². The summed E-state index contributed by atoms with van der Waals surface area (Å²) in [7, 11) is 7.52. The number of ether oxygens (including phenoxy) is 1. The number of carbonyl (C=O) groups is 1. The average Bonchev–Trinajstić information content (AvgIpc) is 2.76. The molecule has 0 saturated carbocycles. The molecule has 1 aromatic heterocycles. The van der Waals surface area contributed by atoms with E-state index in [-0.39, 0.29) is 5.91 Å². The summed E-state index contributed by atoms with van der Waals surface area (Å²) in [5.41, 5.74) is 1.09. The summed E-state index contributed by atoms with van der Waals surface area (Å²) in [6.07, 6.45) is 2.31. The fourth-order valence-electron chi connectivity index (χ4n) is 1.81. The van der Waals surface area contributed by atoms with Gasteiger partial charge in [0, 0.05) is 54.3 Å². The SMILES string of the molecule is COCCNC(=O)CCNCc1cnc(N(C)C)n1C. The molecule has 114 valence electrons. The lowest BCUT2D eigenvalue weighted by Gasteiger charge is -2.12. The Hall–Kier alpha value is -1.60. The van der Waals surface area contributed by atoms with E-state index in [1.165, 1.54) is 0 Å². The quantitative estimate of drug-likeness (QED) is 0.610. The third-order valence-electron chi connectivity index (χ3n) is 2.92. The molecule has 0 unspecified atom stereocenters. The molecule has 1 amide bonds. The fourth-order valence-corrected chi connectivity index (χ4v) is 1.81. The van der Waals surface area contributed by atoms with Gasteiger partial charge in [-0.3, -0.25) is 4.79 Å². The van der Waals surface area contributed by atoms with Gasteiger partial charge in [0.2, 0.25) is 11.9 Å². The van der Waals surface area contributed by atoms with Crippen molar-refractivity contribution in [3.8, 4) is 0 Å². The molecule has 0 spiro atoms. The van der Waals surface area contributed by atoms with E-state index >= 15 is 0 Å². The van der Waals surface area contributed by atoms with Crippen molar-refractivity contribution in [1.29, 1.82) is 0 Å². The van der Waals surface area contributed by atoms with Crippen LogP contribution >= 0.6 is 0 Å². The number of nitrogens with one attached hydrogen (secondary N) is 2. The van der Waals surface area contributed by atoms with Crippen LogP contribution in [0.4, 0.5) is 5.95 Å². The Kier molecular flexibility index (Phi) is 7.03. The molecular weight excluding hydrogens is 258 g/mol. The molecule has 20 heavy (non-hydrogen) atoms. The van der Waals surface area contributed by atoms with Crippen molar-refractivity contribution in [3.05, 3.63) is 11.9 Å². The third-order valence-corrected chi connectivity index (χ3v) is 2.92. The van der Waals surface area contributed by atoms with Crippen LogP contribution in [-0.2, 0) is 23.1 Å². The second-order valence-corrected chi connectivity index (χ2v) is 4.77. The highest BCUT2D eigenvalue weighted by Crippen LogP contribution is 2.10. The van der Waals surface area contributed by atoms with E-state index in [2.05, 4.69) is 15.6 Å². The van der Waals surface area contributed by atoms with Crippen LogP contribution in [0.2, 0.25) is 0 Å². The number of nitrogens with zero attached hydrogens (tertiary/aromatic N) is 3. The summed E-state index contributed by atoms with van der Waals surface area (Å²) in [6, 6.07) is 0. The normalized spacial score (nSPS) is 10.6. The van der Waals surface area contributed by atoms with Crippen LogP contribution in [0.3, 0.4) is 0 Å². The monoisotopic (exact) mass is 283 g/mol. The predicted octanol–water partition coefficient (Wildman–Crippen LogP) is -0.272. The van der Waals surface area contributed by atoms with Gasteiger partial charge in [-0.15, -0.1) is 0 Å². The molecule has 0 fully saturated rings. The minimum Gasteiger partial charge on any atom is -0.383 e. The number of hydrogen-bond acceptors (Lipinski definition) is 5. The van der Waals surface area contributed by atoms with Crippen molar-refractivity contribution in [2.24, 2.45) is 7.05 Å². The zero-order valence-corrected chi connectivity index (χ0v) is 12.8. The first kappa shape index (κ1) is 16.5. The van der Waals surface area contributed by atoms with Crippen LogP contribution in [0, 0.1) is 0 Å². The maximum Gasteiger partial charge on any atom is 0.221 e. The minimum absolute atomic E-state index is 0.0357. The van der Waals surface area contributed by atoms with Crippen LogP contribution in [0.5, 0.6) is 0 Å². The first-order valence-corrected chi connectivity index (χ1v) is 6.70. The molecule has 1 heterocycles. The number of carbonyl (C=O) groups excluding carboxylic acids is 1. The van der Waals surface area contributed by atoms with Gasteiger partial charge in [-0.05, 0) is 0 Å². The summed E-state index contributed by atoms with van der Waals surface area (Å²) in [6.45, 7) is 2.44. The molecule has 1 rings (SSSR count). The van der Waals surface area contributed by atoms with Gasteiger partial charge in [-0.2, -0.15) is 0 Å². The number of imidazole rings is 1. The number of anilines is 1. The van der Waals surface area contributed by atoms with Gasteiger partial charge in [-0.1, -0.05) is 0 Å². The summed E-state index contributed by atoms with van der Waals surface area (Å²) in [5, 5.41) is 6.03. The van der Waals surface area contributed by atoms with Gasteiger partial charge in [0.1, 0.15) is 0 Å². The Bertz CT molecular complexity index is 417. The number of aromatic nitrogens is 2. The standard InChI is InChI=1S/C13H25N5O2/c1-17(2)13-16-10-11(18(13)3)9-14-6-5-12(19)15-7-8-20-4/h10,14H,5-9H2,1-4H3,(H,15,19). The first-order valence-electron chi connectivity index (χ1n) is 6.70. The van der Waals surface area contributed by atoms with Crippen molar-refractivity contribution in [1.82, 2.24) is 20.2 Å². The molecule has 0 aliphatic heterocycles. The Labute approximate surface area is 120 Å². The molecule has 7 heteroatoms. The van der Waals surface area contributed by atoms with Gasteiger partial charge in [-0.25, -0.2) is 4.98 Å². The van der Waals surface area contributed by atoms with E-state index in [1.54, 1.807) is 7.11 Å². The lowest BCUT2D eigenvalue weighted by molar-refractivity contribution is -0.121. The van der Waals surface area contributed by atoms with Gasteiger partial charge in [0.05, 0.1) is 18.5 Å². The lowest BCUT2D eigenvalue weighted by Crippen LogP contribution is -2.30.